The van der Waals surface area contributed by atoms with E-state index in [0.29, 0.717) is 12.0 Å². The molecule has 3 aliphatic rings. The zero-order chi connectivity index (χ0) is 18.9. The minimum Gasteiger partial charge on any atom is -0.493 e. The van der Waals surface area contributed by atoms with Crippen LogP contribution in [0, 0.1) is 5.41 Å². The number of carbonyl (C=O) groups excluding carboxylic acids is 1. The maximum Gasteiger partial charge on any atom is 0.243 e. The van der Waals surface area contributed by atoms with E-state index in [0.717, 1.165) is 31.2 Å². The van der Waals surface area contributed by atoms with Gasteiger partial charge in [0, 0.05) is 39.2 Å². The number of benzene rings is 1. The third-order valence-electron chi connectivity index (χ3n) is 6.28. The van der Waals surface area contributed by atoms with Crippen LogP contribution >= 0.6 is 24.0 Å². The smallest absolute Gasteiger partial charge is 0.243 e. The molecule has 7 heteroatoms. The quantitative estimate of drug-likeness (QED) is 0.396. The predicted octanol–water partition coefficient (Wildman–Crippen LogP) is 3.04. The summed E-state index contributed by atoms with van der Waals surface area (Å²) in [4.78, 5) is 20.8. The van der Waals surface area contributed by atoms with Crippen molar-refractivity contribution < 1.29 is 9.53 Å². The van der Waals surface area contributed by atoms with Crippen LogP contribution in [0.25, 0.3) is 0 Å². The van der Waals surface area contributed by atoms with Crippen LogP contribution in [0.5, 0.6) is 5.75 Å². The van der Waals surface area contributed by atoms with E-state index >= 15 is 0 Å². The van der Waals surface area contributed by atoms with E-state index in [2.05, 4.69) is 16.3 Å². The number of fused-ring (bicyclic) bond motifs is 1. The molecule has 2 heterocycles. The fourth-order valence-corrected chi connectivity index (χ4v) is 4.37. The molecule has 1 N–H and O–H groups in total. The Hall–Kier alpha value is -1.51. The van der Waals surface area contributed by atoms with Crippen molar-refractivity contribution in [2.45, 2.75) is 38.1 Å². The lowest BCUT2D eigenvalue weighted by Gasteiger charge is -2.38. The molecule has 0 radical (unpaired) electrons. The number of likely N-dealkylation sites (tertiary alicyclic amines) is 1. The second-order valence-electron chi connectivity index (χ2n) is 8.32. The first-order valence-corrected chi connectivity index (χ1v) is 10.0. The molecule has 1 saturated carbocycles. The second-order valence-corrected chi connectivity index (χ2v) is 8.32. The summed E-state index contributed by atoms with van der Waals surface area (Å²) in [6, 6.07) is 8.36. The van der Waals surface area contributed by atoms with Gasteiger partial charge in [-0.1, -0.05) is 24.6 Å². The van der Waals surface area contributed by atoms with Crippen LogP contribution in [0.15, 0.2) is 29.3 Å². The van der Waals surface area contributed by atoms with Crippen molar-refractivity contribution in [1.29, 1.82) is 0 Å². The summed E-state index contributed by atoms with van der Waals surface area (Å²) in [6.45, 7) is 2.96. The predicted molar refractivity (Wildman–Crippen MR) is 121 cm³/mol. The highest BCUT2D eigenvalue weighted by Crippen LogP contribution is 2.48. The first-order chi connectivity index (χ1) is 13.1. The maximum atomic E-state index is 12.1. The number of nitrogens with one attached hydrogen (secondary N) is 1. The SMILES string of the molecule is CN(C)C(=O)CN=C(NC1CCOc2ccccc21)N1CCC2(CCC2)C1.I. The Balaban J connectivity index is 0.00000225. The molecule has 1 saturated heterocycles. The van der Waals surface area contributed by atoms with Crippen molar-refractivity contribution in [3.05, 3.63) is 29.8 Å². The number of ether oxygens (including phenoxy) is 1. The molecule has 1 unspecified atom stereocenters. The van der Waals surface area contributed by atoms with Crippen LogP contribution in [0.2, 0.25) is 0 Å². The maximum absolute atomic E-state index is 12.1. The lowest BCUT2D eigenvalue weighted by Crippen LogP contribution is -2.45. The van der Waals surface area contributed by atoms with Crippen molar-refractivity contribution in [2.75, 3.05) is 40.3 Å². The molecule has 1 aromatic carbocycles. The summed E-state index contributed by atoms with van der Waals surface area (Å²) < 4.78 is 5.80. The van der Waals surface area contributed by atoms with Crippen molar-refractivity contribution in [3.63, 3.8) is 0 Å². The van der Waals surface area contributed by atoms with Crippen LogP contribution in [-0.2, 0) is 4.79 Å². The number of guanidine groups is 1. The van der Waals surface area contributed by atoms with Crippen molar-refractivity contribution in [3.8, 4) is 5.75 Å². The van der Waals surface area contributed by atoms with E-state index in [1.165, 1.54) is 31.2 Å². The minimum absolute atomic E-state index is 0. The number of aliphatic imine (C=N–C) groups is 1. The van der Waals surface area contributed by atoms with Gasteiger partial charge in [0.1, 0.15) is 12.3 Å². The van der Waals surface area contributed by atoms with Crippen LogP contribution in [0.4, 0.5) is 0 Å². The van der Waals surface area contributed by atoms with Crippen molar-refractivity contribution >= 4 is 35.8 Å². The Morgan fingerprint density at radius 1 is 1.32 bits per heavy atom. The number of amides is 1. The van der Waals surface area contributed by atoms with Gasteiger partial charge in [-0.05, 0) is 30.7 Å². The number of nitrogens with zero attached hydrogens (tertiary/aromatic N) is 3. The highest BCUT2D eigenvalue weighted by atomic mass is 127. The van der Waals surface area contributed by atoms with Gasteiger partial charge in [-0.25, -0.2) is 4.99 Å². The monoisotopic (exact) mass is 498 g/mol. The number of likely N-dealkylation sites (N-methyl/N-ethyl adjacent to an activating group) is 1. The average molecular weight is 498 g/mol. The van der Waals surface area contributed by atoms with Crippen LogP contribution in [0.1, 0.15) is 43.7 Å². The van der Waals surface area contributed by atoms with Gasteiger partial charge in [0.15, 0.2) is 5.96 Å². The molecule has 1 amide bonds. The molecule has 6 nitrogen and oxygen atoms in total. The van der Waals surface area contributed by atoms with E-state index < -0.39 is 0 Å². The molecule has 1 atom stereocenters. The zero-order valence-corrected chi connectivity index (χ0v) is 19.1. The Morgan fingerprint density at radius 2 is 2.11 bits per heavy atom. The molecule has 2 fully saturated rings. The van der Waals surface area contributed by atoms with Gasteiger partial charge in [-0.2, -0.15) is 0 Å². The molecule has 1 aromatic rings. The summed E-state index contributed by atoms with van der Waals surface area (Å²) in [5.74, 6) is 1.84. The van der Waals surface area contributed by atoms with Crippen LogP contribution < -0.4 is 10.1 Å². The fourth-order valence-electron chi connectivity index (χ4n) is 4.37. The van der Waals surface area contributed by atoms with E-state index in [4.69, 9.17) is 9.73 Å². The molecule has 4 rings (SSSR count). The minimum atomic E-state index is 0. The molecular weight excluding hydrogens is 467 g/mol. The Kier molecular flexibility index (Phi) is 6.73. The van der Waals surface area contributed by atoms with E-state index in [-0.39, 0.29) is 42.5 Å². The first kappa shape index (κ1) is 21.2. The van der Waals surface area contributed by atoms with Gasteiger partial charge in [0.05, 0.1) is 12.6 Å². The number of rotatable bonds is 3. The molecule has 28 heavy (non-hydrogen) atoms. The van der Waals surface area contributed by atoms with Gasteiger partial charge in [0.2, 0.25) is 5.91 Å². The van der Waals surface area contributed by atoms with E-state index in [1.54, 1.807) is 19.0 Å². The standard InChI is InChI=1S/C21H30N4O2.HI/c1-24(2)19(26)14-22-20(25-12-11-21(15-25)9-5-10-21)23-17-8-13-27-18-7-4-3-6-16(17)18;/h3-4,6-7,17H,5,8-15H2,1-2H3,(H,22,23);1H. The van der Waals surface area contributed by atoms with E-state index in [1.807, 2.05) is 18.2 Å². The highest BCUT2D eigenvalue weighted by molar-refractivity contribution is 14.0. The van der Waals surface area contributed by atoms with Gasteiger partial charge < -0.3 is 19.9 Å². The highest BCUT2D eigenvalue weighted by Gasteiger charge is 2.44. The fraction of sp³-hybridized carbons (Fsp3) is 0.619. The van der Waals surface area contributed by atoms with Crippen LogP contribution in [0.3, 0.4) is 0 Å². The lowest BCUT2D eigenvalue weighted by atomic mass is 9.68. The van der Waals surface area contributed by atoms with Crippen molar-refractivity contribution in [1.82, 2.24) is 15.1 Å². The zero-order valence-electron chi connectivity index (χ0n) is 16.8. The summed E-state index contributed by atoms with van der Waals surface area (Å²) >= 11 is 0. The number of hydrogen-bond acceptors (Lipinski definition) is 3. The molecule has 154 valence electrons. The van der Waals surface area contributed by atoms with Crippen molar-refractivity contribution in [2.24, 2.45) is 10.4 Å². The average Bonchev–Trinajstić information content (AvgIpc) is 3.11. The normalized spacial score (nSPS) is 22.6. The number of carbonyl (C=O) groups is 1. The molecular formula is C21H31IN4O2. The molecule has 2 aliphatic heterocycles. The second kappa shape index (κ2) is 8.88. The molecule has 1 spiro atoms. The summed E-state index contributed by atoms with van der Waals surface area (Å²) in [5, 5.41) is 3.66. The largest absolute Gasteiger partial charge is 0.493 e. The molecule has 0 aromatic heterocycles. The topological polar surface area (TPSA) is 57.2 Å². The van der Waals surface area contributed by atoms with E-state index in [9.17, 15) is 4.79 Å². The molecule has 1 aliphatic carbocycles. The Bertz CT molecular complexity index is 733. The third kappa shape index (κ3) is 4.39. The lowest BCUT2D eigenvalue weighted by molar-refractivity contribution is -0.127. The first-order valence-electron chi connectivity index (χ1n) is 10.0. The van der Waals surface area contributed by atoms with Gasteiger partial charge in [-0.3, -0.25) is 4.79 Å². The summed E-state index contributed by atoms with van der Waals surface area (Å²) in [7, 11) is 3.55. The van der Waals surface area contributed by atoms with Gasteiger partial charge in [-0.15, -0.1) is 24.0 Å². The van der Waals surface area contributed by atoms with Gasteiger partial charge >= 0.3 is 0 Å². The van der Waals surface area contributed by atoms with Gasteiger partial charge in [0.25, 0.3) is 0 Å². The Labute approximate surface area is 184 Å². The third-order valence-corrected chi connectivity index (χ3v) is 6.28. The number of halogens is 1. The summed E-state index contributed by atoms with van der Waals surface area (Å²) in [5.41, 5.74) is 1.66. The molecule has 0 bridgehead atoms. The number of para-hydroxylation sites is 1. The Morgan fingerprint density at radius 3 is 2.79 bits per heavy atom. The summed E-state index contributed by atoms with van der Waals surface area (Å²) in [6.07, 6.45) is 6.14. The van der Waals surface area contributed by atoms with Crippen LogP contribution in [-0.4, -0.2) is 62.0 Å². The number of hydrogen-bond donors (Lipinski definition) is 1.